The number of unbranched alkanes of at least 4 members (excludes halogenated alkanes) is 1. The van der Waals surface area contributed by atoms with Crippen LogP contribution in [0.15, 0.2) is 12.1 Å². The van der Waals surface area contributed by atoms with Crippen molar-refractivity contribution >= 4 is 40.9 Å². The minimum atomic E-state index is -0.681. The van der Waals surface area contributed by atoms with Gasteiger partial charge in [-0.25, -0.2) is 9.78 Å². The van der Waals surface area contributed by atoms with E-state index in [1.165, 1.54) is 4.90 Å². The summed E-state index contributed by atoms with van der Waals surface area (Å²) in [6, 6.07) is 3.60. The van der Waals surface area contributed by atoms with E-state index < -0.39 is 11.7 Å². The van der Waals surface area contributed by atoms with Crippen molar-refractivity contribution in [2.24, 2.45) is 0 Å². The molecule has 196 valence electrons. The molecular formula is C27H35Cl2N3O4. The van der Waals surface area contributed by atoms with Gasteiger partial charge in [0.15, 0.2) is 0 Å². The zero-order valence-electron chi connectivity index (χ0n) is 22.1. The number of aryl methyl sites for hydroxylation is 2. The Balaban J connectivity index is 1.94. The molecule has 0 fully saturated rings. The number of rotatable bonds is 7. The first-order valence-corrected chi connectivity index (χ1v) is 13.0. The number of pyridine rings is 1. The Morgan fingerprint density at radius 3 is 2.56 bits per heavy atom. The highest BCUT2D eigenvalue weighted by molar-refractivity contribution is 6.39. The highest BCUT2D eigenvalue weighted by Crippen LogP contribution is 2.40. The molecule has 0 N–H and O–H groups in total. The molecule has 1 aliphatic heterocycles. The van der Waals surface area contributed by atoms with Gasteiger partial charge in [0.25, 0.3) is 5.91 Å². The fraction of sp³-hybridized carbons (Fsp3) is 0.519. The Hall–Kier alpha value is -2.51. The summed E-state index contributed by atoms with van der Waals surface area (Å²) < 4.78 is 11.5. The SMILES string of the molecule is CCCCOc1nc(C)cc(C)c1CN1CCc2c(Cl)cc(N(C)C(=O)OC(C)(C)C)c(Cl)c2C1=O. The average Bonchev–Trinajstić information content (AvgIpc) is 2.77. The van der Waals surface area contributed by atoms with Gasteiger partial charge in [0.2, 0.25) is 5.88 Å². The van der Waals surface area contributed by atoms with Crippen LogP contribution in [0.3, 0.4) is 0 Å². The van der Waals surface area contributed by atoms with E-state index in [1.807, 2.05) is 19.9 Å². The van der Waals surface area contributed by atoms with Gasteiger partial charge in [0, 0.05) is 29.9 Å². The van der Waals surface area contributed by atoms with Crippen molar-refractivity contribution in [1.82, 2.24) is 9.88 Å². The number of halogens is 2. The van der Waals surface area contributed by atoms with E-state index in [9.17, 15) is 9.59 Å². The molecule has 0 saturated heterocycles. The van der Waals surface area contributed by atoms with Gasteiger partial charge in [-0.05, 0) is 70.7 Å². The summed E-state index contributed by atoms with van der Waals surface area (Å²) in [7, 11) is 1.55. The van der Waals surface area contributed by atoms with Gasteiger partial charge in [-0.1, -0.05) is 36.5 Å². The van der Waals surface area contributed by atoms with Crippen LogP contribution in [0.4, 0.5) is 10.5 Å². The molecule has 2 aromatic rings. The topological polar surface area (TPSA) is 72.0 Å². The fourth-order valence-electron chi connectivity index (χ4n) is 4.09. The van der Waals surface area contributed by atoms with Crippen LogP contribution in [0.5, 0.6) is 5.88 Å². The number of carbonyl (C=O) groups excluding carboxylic acids is 2. The van der Waals surface area contributed by atoms with Gasteiger partial charge in [-0.2, -0.15) is 0 Å². The van der Waals surface area contributed by atoms with Crippen LogP contribution < -0.4 is 9.64 Å². The normalized spacial score (nSPS) is 13.5. The number of fused-ring (bicyclic) bond motifs is 1. The first-order valence-electron chi connectivity index (χ1n) is 12.2. The number of amides is 2. The summed E-state index contributed by atoms with van der Waals surface area (Å²) in [5.41, 5.74) is 3.38. The lowest BCUT2D eigenvalue weighted by Crippen LogP contribution is -2.39. The van der Waals surface area contributed by atoms with Crippen molar-refractivity contribution in [3.8, 4) is 5.88 Å². The van der Waals surface area contributed by atoms with E-state index in [0.29, 0.717) is 53.8 Å². The highest BCUT2D eigenvalue weighted by Gasteiger charge is 2.33. The lowest BCUT2D eigenvalue weighted by atomic mass is 9.96. The Morgan fingerprint density at radius 2 is 1.92 bits per heavy atom. The number of aromatic nitrogens is 1. The van der Waals surface area contributed by atoms with Crippen LogP contribution >= 0.6 is 23.2 Å². The molecule has 36 heavy (non-hydrogen) atoms. The third-order valence-electron chi connectivity index (χ3n) is 5.98. The largest absolute Gasteiger partial charge is 0.477 e. The molecule has 1 aromatic carbocycles. The number of hydrogen-bond acceptors (Lipinski definition) is 5. The standard InChI is InChI=1S/C27H35Cl2N3O4/c1-8-9-12-35-24-19(16(2)13-17(3)30-24)15-32-11-10-18-20(28)14-21(23(29)22(18)25(32)33)31(7)26(34)36-27(4,5)6/h13-14H,8-12,15H2,1-7H3. The smallest absolute Gasteiger partial charge is 0.414 e. The molecule has 1 aliphatic rings. The Kier molecular flexibility index (Phi) is 8.78. The molecule has 2 heterocycles. The maximum atomic E-state index is 13.7. The van der Waals surface area contributed by atoms with Gasteiger partial charge < -0.3 is 14.4 Å². The van der Waals surface area contributed by atoms with E-state index in [1.54, 1.807) is 38.8 Å². The van der Waals surface area contributed by atoms with Crippen LogP contribution in [0.1, 0.15) is 73.3 Å². The summed E-state index contributed by atoms with van der Waals surface area (Å²) in [4.78, 5) is 34.0. The number of ether oxygens (including phenoxy) is 2. The van der Waals surface area contributed by atoms with Crippen molar-refractivity contribution in [3.05, 3.63) is 50.1 Å². The number of hydrogen-bond donors (Lipinski definition) is 0. The summed E-state index contributed by atoms with van der Waals surface area (Å²) >= 11 is 13.3. The molecule has 7 nitrogen and oxygen atoms in total. The van der Waals surface area contributed by atoms with E-state index in [2.05, 4.69) is 11.9 Å². The van der Waals surface area contributed by atoms with Crippen LogP contribution in [0.25, 0.3) is 0 Å². The van der Waals surface area contributed by atoms with Gasteiger partial charge in [0.1, 0.15) is 5.60 Å². The van der Waals surface area contributed by atoms with Crippen molar-refractivity contribution < 1.29 is 19.1 Å². The zero-order chi connectivity index (χ0) is 26.8. The minimum absolute atomic E-state index is 0.177. The van der Waals surface area contributed by atoms with Gasteiger partial charge in [-0.3, -0.25) is 9.69 Å². The van der Waals surface area contributed by atoms with Gasteiger partial charge in [-0.15, -0.1) is 0 Å². The molecule has 0 radical (unpaired) electrons. The molecule has 0 aliphatic carbocycles. The highest BCUT2D eigenvalue weighted by atomic mass is 35.5. The molecule has 2 amide bonds. The summed E-state index contributed by atoms with van der Waals surface area (Å²) in [6.45, 7) is 12.7. The summed E-state index contributed by atoms with van der Waals surface area (Å²) in [6.07, 6.45) is 1.89. The summed E-state index contributed by atoms with van der Waals surface area (Å²) in [5.74, 6) is 0.309. The second-order valence-corrected chi connectivity index (χ2v) is 10.9. The molecule has 3 rings (SSSR count). The van der Waals surface area contributed by atoms with E-state index in [-0.39, 0.29) is 10.9 Å². The zero-order valence-corrected chi connectivity index (χ0v) is 23.6. The van der Waals surface area contributed by atoms with E-state index >= 15 is 0 Å². The molecule has 9 heteroatoms. The number of nitrogens with zero attached hydrogens (tertiary/aromatic N) is 3. The molecule has 0 spiro atoms. The van der Waals surface area contributed by atoms with Crippen molar-refractivity contribution in [3.63, 3.8) is 0 Å². The van der Waals surface area contributed by atoms with Gasteiger partial charge >= 0.3 is 6.09 Å². The van der Waals surface area contributed by atoms with Crippen molar-refractivity contribution in [2.75, 3.05) is 25.1 Å². The lowest BCUT2D eigenvalue weighted by Gasteiger charge is -2.32. The number of benzene rings is 1. The quantitative estimate of drug-likeness (QED) is 0.366. The first kappa shape index (κ1) is 28.1. The van der Waals surface area contributed by atoms with Crippen molar-refractivity contribution in [2.45, 2.75) is 73.0 Å². The second kappa shape index (κ2) is 11.3. The monoisotopic (exact) mass is 535 g/mol. The average molecular weight is 537 g/mol. The molecular weight excluding hydrogens is 501 g/mol. The Morgan fingerprint density at radius 1 is 1.22 bits per heavy atom. The Bertz CT molecular complexity index is 1160. The maximum absolute atomic E-state index is 13.7. The summed E-state index contributed by atoms with van der Waals surface area (Å²) in [5, 5.41) is 0.570. The van der Waals surface area contributed by atoms with Crippen LogP contribution in [0.2, 0.25) is 10.0 Å². The minimum Gasteiger partial charge on any atom is -0.477 e. The van der Waals surface area contributed by atoms with Crippen LogP contribution in [-0.2, 0) is 17.7 Å². The van der Waals surface area contributed by atoms with Crippen LogP contribution in [0, 0.1) is 13.8 Å². The number of carbonyl (C=O) groups is 2. The fourth-order valence-corrected chi connectivity index (χ4v) is 4.76. The van der Waals surface area contributed by atoms with E-state index in [0.717, 1.165) is 29.7 Å². The molecule has 0 atom stereocenters. The van der Waals surface area contributed by atoms with Crippen molar-refractivity contribution in [1.29, 1.82) is 0 Å². The predicted molar refractivity (Wildman–Crippen MR) is 144 cm³/mol. The van der Waals surface area contributed by atoms with Crippen LogP contribution in [-0.4, -0.2) is 47.7 Å². The molecule has 0 bridgehead atoms. The molecule has 0 saturated carbocycles. The number of anilines is 1. The maximum Gasteiger partial charge on any atom is 0.414 e. The molecule has 0 unspecified atom stereocenters. The third kappa shape index (κ3) is 6.24. The lowest BCUT2D eigenvalue weighted by molar-refractivity contribution is 0.0588. The third-order valence-corrected chi connectivity index (χ3v) is 6.70. The predicted octanol–water partition coefficient (Wildman–Crippen LogP) is 6.75. The molecule has 1 aromatic heterocycles. The first-order chi connectivity index (χ1) is 16.8. The Labute approximate surface area is 223 Å². The van der Waals surface area contributed by atoms with Gasteiger partial charge in [0.05, 0.1) is 29.4 Å². The second-order valence-electron chi connectivity index (χ2n) is 10.1. The van der Waals surface area contributed by atoms with E-state index in [4.69, 9.17) is 32.7 Å².